The van der Waals surface area contributed by atoms with Crippen molar-refractivity contribution in [3.63, 3.8) is 0 Å². The summed E-state index contributed by atoms with van der Waals surface area (Å²) in [6, 6.07) is 3.70. The van der Waals surface area contributed by atoms with Gasteiger partial charge in [0, 0.05) is 30.1 Å². The zero-order valence-electron chi connectivity index (χ0n) is 12.4. The van der Waals surface area contributed by atoms with Gasteiger partial charge in [-0.3, -0.25) is 4.90 Å². The molecule has 0 amide bonds. The Morgan fingerprint density at radius 2 is 1.91 bits per heavy atom. The Hall–Kier alpha value is -0.740. The van der Waals surface area contributed by atoms with Gasteiger partial charge < -0.3 is 9.47 Å². The summed E-state index contributed by atoms with van der Waals surface area (Å²) in [5.41, 5.74) is 2.01. The van der Waals surface area contributed by atoms with Crippen molar-refractivity contribution in [2.45, 2.75) is 31.4 Å². The molecule has 0 bridgehead atoms. The molecule has 3 aliphatic rings. The third kappa shape index (κ3) is 2.35. The number of rotatable bonds is 1. The zero-order valence-corrected chi connectivity index (χ0v) is 13.9. The molecule has 5 heteroatoms. The van der Waals surface area contributed by atoms with E-state index in [1.165, 1.54) is 18.4 Å². The molecule has 0 spiro atoms. The number of hydrogen-bond acceptors (Lipinski definition) is 3. The molecular weight excluding hydrogens is 321 g/mol. The monoisotopic (exact) mass is 339 g/mol. The number of nitrogens with zero attached hydrogens (tertiary/aromatic N) is 1. The van der Waals surface area contributed by atoms with Gasteiger partial charge in [-0.2, -0.15) is 0 Å². The van der Waals surface area contributed by atoms with E-state index in [9.17, 15) is 0 Å². The van der Waals surface area contributed by atoms with E-state index < -0.39 is 0 Å². The minimum atomic E-state index is -0.341. The minimum absolute atomic E-state index is 0.341. The summed E-state index contributed by atoms with van der Waals surface area (Å²) >= 11 is 12.5. The van der Waals surface area contributed by atoms with Crippen molar-refractivity contribution in [2.24, 2.45) is 0 Å². The van der Waals surface area contributed by atoms with Gasteiger partial charge in [0.2, 0.25) is 0 Å². The van der Waals surface area contributed by atoms with Gasteiger partial charge >= 0.3 is 0 Å². The third-order valence-corrected chi connectivity index (χ3v) is 5.37. The quantitative estimate of drug-likeness (QED) is 0.758. The molecule has 1 saturated heterocycles. The lowest BCUT2D eigenvalue weighted by Crippen LogP contribution is -2.59. The first-order chi connectivity index (χ1) is 10.7. The SMILES string of the molecule is Clc1cc(Cl)c2c(c1)C=C1CCCCC1(N1CCOCC1)O2. The van der Waals surface area contributed by atoms with Gasteiger partial charge in [0.15, 0.2) is 5.72 Å². The van der Waals surface area contributed by atoms with Gasteiger partial charge in [0.05, 0.1) is 18.2 Å². The molecule has 0 N–H and O–H groups in total. The highest BCUT2D eigenvalue weighted by Crippen LogP contribution is 2.48. The van der Waals surface area contributed by atoms with Crippen molar-refractivity contribution in [3.8, 4) is 5.75 Å². The van der Waals surface area contributed by atoms with E-state index in [-0.39, 0.29) is 5.72 Å². The molecule has 0 aromatic heterocycles. The molecule has 1 aliphatic carbocycles. The van der Waals surface area contributed by atoms with Crippen molar-refractivity contribution < 1.29 is 9.47 Å². The van der Waals surface area contributed by atoms with E-state index in [1.54, 1.807) is 6.07 Å². The molecule has 1 unspecified atom stereocenters. The van der Waals surface area contributed by atoms with Crippen LogP contribution >= 0.6 is 23.2 Å². The normalized spacial score (nSPS) is 28.4. The fourth-order valence-electron chi connectivity index (χ4n) is 3.84. The van der Waals surface area contributed by atoms with Crippen LogP contribution in [0.2, 0.25) is 10.0 Å². The van der Waals surface area contributed by atoms with Crippen molar-refractivity contribution in [1.82, 2.24) is 4.90 Å². The Morgan fingerprint density at radius 1 is 1.09 bits per heavy atom. The molecule has 0 radical (unpaired) electrons. The molecular formula is C17H19Cl2NO2. The predicted molar refractivity (Wildman–Crippen MR) is 88.7 cm³/mol. The number of halogens is 2. The Morgan fingerprint density at radius 3 is 2.73 bits per heavy atom. The molecule has 1 atom stereocenters. The highest BCUT2D eigenvalue weighted by Gasteiger charge is 2.47. The molecule has 2 fully saturated rings. The second-order valence-electron chi connectivity index (χ2n) is 6.17. The Labute approximate surface area is 140 Å². The summed E-state index contributed by atoms with van der Waals surface area (Å²) in [6.45, 7) is 3.33. The zero-order chi connectivity index (χ0) is 15.2. The van der Waals surface area contributed by atoms with Crippen molar-refractivity contribution in [1.29, 1.82) is 0 Å². The van der Waals surface area contributed by atoms with Crippen molar-refractivity contribution >= 4 is 29.3 Å². The Bertz CT molecular complexity index is 625. The fourth-order valence-corrected chi connectivity index (χ4v) is 4.39. The van der Waals surface area contributed by atoms with Crippen molar-refractivity contribution in [3.05, 3.63) is 33.3 Å². The first-order valence-corrected chi connectivity index (χ1v) is 8.66. The van der Waals surface area contributed by atoms with Gasteiger partial charge in [-0.15, -0.1) is 0 Å². The lowest BCUT2D eigenvalue weighted by atomic mass is 9.82. The van der Waals surface area contributed by atoms with Gasteiger partial charge in [0.25, 0.3) is 0 Å². The second-order valence-corrected chi connectivity index (χ2v) is 7.01. The van der Waals surface area contributed by atoms with Crippen LogP contribution in [0.5, 0.6) is 5.75 Å². The van der Waals surface area contributed by atoms with Crippen LogP contribution in [0.25, 0.3) is 6.08 Å². The maximum atomic E-state index is 6.56. The average molecular weight is 340 g/mol. The van der Waals surface area contributed by atoms with Crippen LogP contribution < -0.4 is 4.74 Å². The first-order valence-electron chi connectivity index (χ1n) is 7.91. The molecule has 2 aliphatic heterocycles. The van der Waals surface area contributed by atoms with E-state index >= 15 is 0 Å². The number of morpholine rings is 1. The van der Waals surface area contributed by atoms with Crippen molar-refractivity contribution in [2.75, 3.05) is 26.3 Å². The number of ether oxygens (including phenoxy) is 2. The summed E-state index contributed by atoms with van der Waals surface area (Å²) in [7, 11) is 0. The van der Waals surface area contributed by atoms with Crippen LogP contribution in [0.3, 0.4) is 0 Å². The standard InChI is InChI=1S/C17H19Cl2NO2/c18-14-10-12-9-13-3-1-2-4-17(13,20-5-7-21-8-6-20)22-16(12)15(19)11-14/h9-11H,1-8H2. The maximum Gasteiger partial charge on any atom is 0.186 e. The molecule has 118 valence electrons. The molecule has 4 rings (SSSR count). The molecule has 2 heterocycles. The van der Waals surface area contributed by atoms with E-state index in [0.717, 1.165) is 50.5 Å². The number of fused-ring (bicyclic) bond motifs is 2. The van der Waals surface area contributed by atoms with Gasteiger partial charge in [-0.1, -0.05) is 23.2 Å². The summed E-state index contributed by atoms with van der Waals surface area (Å²) in [6.07, 6.45) is 6.71. The third-order valence-electron chi connectivity index (χ3n) is 4.87. The van der Waals surface area contributed by atoms with E-state index in [0.29, 0.717) is 10.0 Å². The van der Waals surface area contributed by atoms with Crippen LogP contribution in [0.15, 0.2) is 17.7 Å². The maximum absolute atomic E-state index is 6.56. The van der Waals surface area contributed by atoms with Crippen LogP contribution in [0.1, 0.15) is 31.2 Å². The van der Waals surface area contributed by atoms with Gasteiger partial charge in [0.1, 0.15) is 5.75 Å². The Balaban J connectivity index is 1.80. The first kappa shape index (κ1) is 14.8. The fraction of sp³-hybridized carbons (Fsp3) is 0.529. The number of hydrogen-bond donors (Lipinski definition) is 0. The summed E-state index contributed by atoms with van der Waals surface area (Å²) in [5, 5.41) is 1.25. The Kier molecular flexibility index (Phi) is 3.85. The lowest BCUT2D eigenvalue weighted by Gasteiger charge is -2.50. The summed E-state index contributed by atoms with van der Waals surface area (Å²) < 4.78 is 12.1. The highest BCUT2D eigenvalue weighted by molar-refractivity contribution is 6.36. The molecule has 3 nitrogen and oxygen atoms in total. The number of benzene rings is 1. The summed E-state index contributed by atoms with van der Waals surface area (Å²) in [4.78, 5) is 2.43. The van der Waals surface area contributed by atoms with E-state index in [1.807, 2.05) is 6.07 Å². The predicted octanol–water partition coefficient (Wildman–Crippen LogP) is 4.37. The van der Waals surface area contributed by atoms with Crippen LogP contribution in [0, 0.1) is 0 Å². The van der Waals surface area contributed by atoms with E-state index in [2.05, 4.69) is 11.0 Å². The summed E-state index contributed by atoms with van der Waals surface area (Å²) in [5.74, 6) is 0.767. The van der Waals surface area contributed by atoms with Gasteiger partial charge in [-0.25, -0.2) is 0 Å². The minimum Gasteiger partial charge on any atom is -0.466 e. The highest BCUT2D eigenvalue weighted by atomic mass is 35.5. The smallest absolute Gasteiger partial charge is 0.186 e. The lowest BCUT2D eigenvalue weighted by molar-refractivity contribution is -0.112. The van der Waals surface area contributed by atoms with E-state index in [4.69, 9.17) is 32.7 Å². The van der Waals surface area contributed by atoms with Gasteiger partial charge in [-0.05, 0) is 43.0 Å². The molecule has 1 saturated carbocycles. The molecule has 22 heavy (non-hydrogen) atoms. The molecule has 1 aromatic rings. The topological polar surface area (TPSA) is 21.7 Å². The van der Waals surface area contributed by atoms with Crippen LogP contribution in [-0.2, 0) is 4.74 Å². The average Bonchev–Trinajstić information content (AvgIpc) is 2.54. The second kappa shape index (κ2) is 5.72. The van der Waals surface area contributed by atoms with Crippen LogP contribution in [-0.4, -0.2) is 36.9 Å². The van der Waals surface area contributed by atoms with Crippen LogP contribution in [0.4, 0.5) is 0 Å². The largest absolute Gasteiger partial charge is 0.466 e. The molecule has 1 aromatic carbocycles.